The number of carbonyl (C=O) groups is 2. The van der Waals surface area contributed by atoms with Gasteiger partial charge in [-0.05, 0) is 48.7 Å². The van der Waals surface area contributed by atoms with E-state index in [1.165, 1.54) is 0 Å². The molecule has 1 N–H and O–H groups in total. The number of rotatable bonds is 12. The number of para-hydroxylation sites is 2. The minimum atomic E-state index is -0.742. The second kappa shape index (κ2) is 13.5. The van der Waals surface area contributed by atoms with Gasteiger partial charge in [-0.2, -0.15) is 0 Å². The molecule has 3 rings (SSSR count). The van der Waals surface area contributed by atoms with Crippen LogP contribution in [0.5, 0.6) is 11.5 Å². The van der Waals surface area contributed by atoms with Crippen LogP contribution < -0.4 is 14.8 Å². The molecule has 0 spiro atoms. The van der Waals surface area contributed by atoms with E-state index in [1.54, 1.807) is 36.3 Å². The Morgan fingerprint density at radius 3 is 2.28 bits per heavy atom. The first kappa shape index (κ1) is 27.1. The van der Waals surface area contributed by atoms with E-state index in [9.17, 15) is 9.59 Å². The molecule has 190 valence electrons. The Bertz CT molecular complexity index is 1140. The molecule has 0 aliphatic rings. The quantitative estimate of drug-likeness (QED) is 0.361. The van der Waals surface area contributed by atoms with Gasteiger partial charge in [-0.1, -0.05) is 73.1 Å². The minimum Gasteiger partial charge on any atom is -0.493 e. The fourth-order valence-electron chi connectivity index (χ4n) is 3.79. The Hall–Kier alpha value is -3.51. The molecular weight excluding hydrogens is 476 g/mol. The van der Waals surface area contributed by atoms with Gasteiger partial charge >= 0.3 is 0 Å². The van der Waals surface area contributed by atoms with E-state index in [0.29, 0.717) is 22.9 Å². The lowest BCUT2D eigenvalue weighted by Gasteiger charge is -2.32. The molecule has 6 nitrogen and oxygen atoms in total. The molecule has 0 heterocycles. The zero-order chi connectivity index (χ0) is 25.9. The number of ether oxygens (including phenoxy) is 2. The molecule has 0 bridgehead atoms. The number of benzene rings is 3. The monoisotopic (exact) mass is 508 g/mol. The van der Waals surface area contributed by atoms with Crippen molar-refractivity contribution in [2.24, 2.45) is 0 Å². The summed E-state index contributed by atoms with van der Waals surface area (Å²) in [5.74, 6) is 0.462. The van der Waals surface area contributed by atoms with E-state index in [2.05, 4.69) is 5.32 Å². The van der Waals surface area contributed by atoms with Crippen LogP contribution in [0.4, 0.5) is 0 Å². The maximum atomic E-state index is 13.6. The molecule has 0 aromatic heterocycles. The van der Waals surface area contributed by atoms with Gasteiger partial charge in [0.05, 0.1) is 7.11 Å². The Balaban J connectivity index is 1.93. The minimum absolute atomic E-state index is 0.0243. The largest absolute Gasteiger partial charge is 0.493 e. The molecule has 0 radical (unpaired) electrons. The molecule has 0 saturated heterocycles. The average Bonchev–Trinajstić information content (AvgIpc) is 2.89. The van der Waals surface area contributed by atoms with Crippen LogP contribution >= 0.6 is 11.6 Å². The number of methoxy groups -OCH3 is 1. The number of hydrogen-bond acceptors (Lipinski definition) is 4. The lowest BCUT2D eigenvalue weighted by Crippen LogP contribution is -2.53. The first-order valence-electron chi connectivity index (χ1n) is 12.0. The summed E-state index contributed by atoms with van der Waals surface area (Å²) in [6.45, 7) is 3.92. The van der Waals surface area contributed by atoms with Gasteiger partial charge in [0.15, 0.2) is 18.1 Å². The summed E-state index contributed by atoms with van der Waals surface area (Å²) in [5, 5.41) is 3.62. The van der Waals surface area contributed by atoms with Crippen LogP contribution in [-0.4, -0.2) is 42.5 Å². The Morgan fingerprint density at radius 1 is 0.944 bits per heavy atom. The first-order chi connectivity index (χ1) is 17.4. The van der Waals surface area contributed by atoms with Crippen molar-refractivity contribution in [3.05, 3.63) is 95.0 Å². The van der Waals surface area contributed by atoms with Crippen molar-refractivity contribution >= 4 is 23.4 Å². The maximum absolute atomic E-state index is 13.6. The average molecular weight is 509 g/mol. The molecule has 0 saturated carbocycles. The van der Waals surface area contributed by atoms with Crippen molar-refractivity contribution in [1.29, 1.82) is 0 Å². The highest BCUT2D eigenvalue weighted by Gasteiger charge is 2.31. The molecular formula is C29H33ClN2O4. The lowest BCUT2D eigenvalue weighted by atomic mass is 10.0. The predicted octanol–water partition coefficient (Wildman–Crippen LogP) is 5.28. The summed E-state index contributed by atoms with van der Waals surface area (Å²) in [6, 6.07) is 23.4. The molecule has 3 aromatic rings. The van der Waals surface area contributed by atoms with Crippen molar-refractivity contribution in [1.82, 2.24) is 10.2 Å². The highest BCUT2D eigenvalue weighted by atomic mass is 35.5. The van der Waals surface area contributed by atoms with Crippen molar-refractivity contribution in [3.8, 4) is 11.5 Å². The molecule has 0 aliphatic heterocycles. The van der Waals surface area contributed by atoms with E-state index >= 15 is 0 Å². The number of nitrogens with zero attached hydrogens (tertiary/aromatic N) is 1. The SMILES string of the molecule is CC[C@H](C)NC(=O)[C@@H](Cc1ccccc1)N(Cc1cccc(Cl)c1)C(=O)COc1ccccc1OC. The van der Waals surface area contributed by atoms with Crippen molar-refractivity contribution in [3.63, 3.8) is 0 Å². The van der Waals surface area contributed by atoms with Gasteiger partial charge in [0.2, 0.25) is 5.91 Å². The Labute approximate surface area is 218 Å². The predicted molar refractivity (Wildman–Crippen MR) is 142 cm³/mol. The van der Waals surface area contributed by atoms with Crippen LogP contribution in [0.25, 0.3) is 0 Å². The molecule has 2 amide bonds. The maximum Gasteiger partial charge on any atom is 0.261 e. The molecule has 7 heteroatoms. The second-order valence-electron chi connectivity index (χ2n) is 8.61. The van der Waals surface area contributed by atoms with Crippen molar-refractivity contribution in [2.45, 2.75) is 45.3 Å². The second-order valence-corrected chi connectivity index (χ2v) is 9.05. The summed E-state index contributed by atoms with van der Waals surface area (Å²) in [6.07, 6.45) is 1.15. The van der Waals surface area contributed by atoms with Crippen LogP contribution in [0.3, 0.4) is 0 Å². The summed E-state index contributed by atoms with van der Waals surface area (Å²) in [4.78, 5) is 28.7. The first-order valence-corrected chi connectivity index (χ1v) is 12.4. The normalized spacial score (nSPS) is 12.3. The number of amides is 2. The Morgan fingerprint density at radius 2 is 1.61 bits per heavy atom. The third-order valence-corrected chi connectivity index (χ3v) is 6.17. The molecule has 36 heavy (non-hydrogen) atoms. The van der Waals surface area contributed by atoms with E-state index in [1.807, 2.05) is 68.4 Å². The van der Waals surface area contributed by atoms with E-state index in [-0.39, 0.29) is 31.0 Å². The van der Waals surface area contributed by atoms with E-state index in [4.69, 9.17) is 21.1 Å². The van der Waals surface area contributed by atoms with Crippen LogP contribution in [0, 0.1) is 0 Å². The molecule has 0 aliphatic carbocycles. The smallest absolute Gasteiger partial charge is 0.261 e. The number of hydrogen-bond donors (Lipinski definition) is 1. The third-order valence-electron chi connectivity index (χ3n) is 5.93. The zero-order valence-electron chi connectivity index (χ0n) is 20.9. The third kappa shape index (κ3) is 7.75. The van der Waals surface area contributed by atoms with Gasteiger partial charge in [-0.25, -0.2) is 0 Å². The van der Waals surface area contributed by atoms with Gasteiger partial charge < -0.3 is 19.7 Å². The lowest BCUT2D eigenvalue weighted by molar-refractivity contribution is -0.143. The van der Waals surface area contributed by atoms with Crippen LogP contribution in [0.15, 0.2) is 78.9 Å². The highest BCUT2D eigenvalue weighted by molar-refractivity contribution is 6.30. The summed E-state index contributed by atoms with van der Waals surface area (Å²) in [7, 11) is 1.55. The number of nitrogens with one attached hydrogen (secondary N) is 1. The summed E-state index contributed by atoms with van der Waals surface area (Å²) in [5.41, 5.74) is 1.78. The van der Waals surface area contributed by atoms with Gasteiger partial charge in [0.25, 0.3) is 5.91 Å². The van der Waals surface area contributed by atoms with Gasteiger partial charge in [-0.3, -0.25) is 9.59 Å². The number of halogens is 1. The molecule has 0 unspecified atom stereocenters. The van der Waals surface area contributed by atoms with Crippen LogP contribution in [0.1, 0.15) is 31.4 Å². The zero-order valence-corrected chi connectivity index (χ0v) is 21.7. The van der Waals surface area contributed by atoms with Gasteiger partial charge in [0.1, 0.15) is 6.04 Å². The van der Waals surface area contributed by atoms with Gasteiger partial charge in [0, 0.05) is 24.0 Å². The standard InChI is InChI=1S/C29H33ClN2O4/c1-4-21(2)31-29(34)25(18-22-11-6-5-7-12-22)32(19-23-13-10-14-24(30)17-23)28(33)20-36-27-16-9-8-15-26(27)35-3/h5-17,21,25H,4,18-20H2,1-3H3,(H,31,34)/t21-,25+/m0/s1. The van der Waals surface area contributed by atoms with E-state index < -0.39 is 6.04 Å². The highest BCUT2D eigenvalue weighted by Crippen LogP contribution is 2.26. The van der Waals surface area contributed by atoms with Crippen LogP contribution in [-0.2, 0) is 22.6 Å². The van der Waals surface area contributed by atoms with Crippen molar-refractivity contribution < 1.29 is 19.1 Å². The fraction of sp³-hybridized carbons (Fsp3) is 0.310. The topological polar surface area (TPSA) is 67.9 Å². The molecule has 2 atom stereocenters. The molecule has 0 fully saturated rings. The molecule has 3 aromatic carbocycles. The summed E-state index contributed by atoms with van der Waals surface area (Å²) < 4.78 is 11.2. The van der Waals surface area contributed by atoms with Gasteiger partial charge in [-0.15, -0.1) is 0 Å². The number of carbonyl (C=O) groups excluding carboxylic acids is 2. The fourth-order valence-corrected chi connectivity index (χ4v) is 4.00. The van der Waals surface area contributed by atoms with Crippen molar-refractivity contribution in [2.75, 3.05) is 13.7 Å². The Kier molecular flexibility index (Phi) is 10.2. The van der Waals surface area contributed by atoms with E-state index in [0.717, 1.165) is 17.5 Å². The summed E-state index contributed by atoms with van der Waals surface area (Å²) >= 11 is 6.22. The van der Waals surface area contributed by atoms with Crippen LogP contribution in [0.2, 0.25) is 5.02 Å².